The van der Waals surface area contributed by atoms with Crippen molar-refractivity contribution in [2.45, 2.75) is 20.4 Å². The van der Waals surface area contributed by atoms with Gasteiger partial charge in [-0.15, -0.1) is 0 Å². The van der Waals surface area contributed by atoms with Crippen LogP contribution in [0.15, 0.2) is 73.1 Å². The number of para-hydroxylation sites is 1. The maximum atomic E-state index is 12.3. The van der Waals surface area contributed by atoms with E-state index in [9.17, 15) is 4.79 Å². The molecule has 24 heavy (non-hydrogen) atoms. The zero-order valence-corrected chi connectivity index (χ0v) is 14.0. The van der Waals surface area contributed by atoms with Gasteiger partial charge in [0.1, 0.15) is 0 Å². The van der Waals surface area contributed by atoms with E-state index >= 15 is 0 Å². The van der Waals surface area contributed by atoms with Gasteiger partial charge >= 0.3 is 0 Å². The quantitative estimate of drug-likeness (QED) is 0.727. The van der Waals surface area contributed by atoms with Crippen LogP contribution in [0.5, 0.6) is 0 Å². The summed E-state index contributed by atoms with van der Waals surface area (Å²) < 4.78 is 1.88. The van der Waals surface area contributed by atoms with Gasteiger partial charge in [0, 0.05) is 17.8 Å². The number of nitrogens with zero attached hydrogens (tertiary/aromatic N) is 1. The Bertz CT molecular complexity index is 819. The predicted octanol–water partition coefficient (Wildman–Crippen LogP) is 3.90. The van der Waals surface area contributed by atoms with E-state index in [1.807, 2.05) is 79.3 Å². The number of hydrogen-bond donors (Lipinski definition) is 1. The number of nitrogens with one attached hydrogen (secondary N) is 1. The van der Waals surface area contributed by atoms with Crippen LogP contribution in [0.25, 0.3) is 11.1 Å². The van der Waals surface area contributed by atoms with Gasteiger partial charge in [-0.05, 0) is 36.1 Å². The fraction of sp³-hybridized carbons (Fsp3) is 0.143. The Hall–Kier alpha value is -2.94. The van der Waals surface area contributed by atoms with Crippen molar-refractivity contribution in [2.24, 2.45) is 0 Å². The van der Waals surface area contributed by atoms with E-state index in [0.29, 0.717) is 6.54 Å². The van der Waals surface area contributed by atoms with E-state index in [0.717, 1.165) is 22.4 Å². The highest BCUT2D eigenvalue weighted by Crippen LogP contribution is 2.19. The molecular weight excluding hydrogens is 296 g/mol. The molecule has 1 heterocycles. The van der Waals surface area contributed by atoms with E-state index in [1.165, 1.54) is 5.56 Å². The molecule has 120 valence electrons. The average Bonchev–Trinajstić information content (AvgIpc) is 2.60. The lowest BCUT2D eigenvalue weighted by Crippen LogP contribution is -2.39. The van der Waals surface area contributed by atoms with Crippen LogP contribution in [0.2, 0.25) is 0 Å². The minimum Gasteiger partial charge on any atom is -0.320 e. The molecule has 2 aromatic carbocycles. The van der Waals surface area contributed by atoms with E-state index in [-0.39, 0.29) is 5.91 Å². The zero-order valence-electron chi connectivity index (χ0n) is 14.0. The summed E-state index contributed by atoms with van der Waals surface area (Å²) in [6, 6.07) is 20.3. The lowest BCUT2D eigenvalue weighted by molar-refractivity contribution is -0.684. The Morgan fingerprint density at radius 2 is 1.42 bits per heavy atom. The SMILES string of the molecule is Cc1cccc(C)c1NC(=O)C[n+]1ccc(-c2ccccc2)cc1. The molecule has 0 aliphatic rings. The average molecular weight is 317 g/mol. The van der Waals surface area contributed by atoms with Gasteiger partial charge in [0.15, 0.2) is 12.4 Å². The van der Waals surface area contributed by atoms with Gasteiger partial charge in [0.05, 0.1) is 0 Å². The van der Waals surface area contributed by atoms with Gasteiger partial charge in [-0.25, -0.2) is 0 Å². The van der Waals surface area contributed by atoms with Crippen LogP contribution in [0, 0.1) is 13.8 Å². The van der Waals surface area contributed by atoms with Crippen molar-refractivity contribution < 1.29 is 9.36 Å². The highest BCUT2D eigenvalue weighted by molar-refractivity contribution is 5.91. The number of benzene rings is 2. The second-order valence-corrected chi connectivity index (χ2v) is 5.94. The van der Waals surface area contributed by atoms with Gasteiger partial charge in [0.2, 0.25) is 6.54 Å². The van der Waals surface area contributed by atoms with Crippen molar-refractivity contribution in [1.29, 1.82) is 0 Å². The molecule has 0 spiro atoms. The number of carbonyl (C=O) groups is 1. The molecule has 3 nitrogen and oxygen atoms in total. The lowest BCUT2D eigenvalue weighted by atomic mass is 10.1. The zero-order chi connectivity index (χ0) is 16.9. The van der Waals surface area contributed by atoms with Crippen molar-refractivity contribution in [1.82, 2.24) is 0 Å². The van der Waals surface area contributed by atoms with Crippen LogP contribution >= 0.6 is 0 Å². The molecule has 3 rings (SSSR count). The summed E-state index contributed by atoms with van der Waals surface area (Å²) in [4.78, 5) is 12.3. The topological polar surface area (TPSA) is 33.0 Å². The minimum absolute atomic E-state index is 0.0233. The Balaban J connectivity index is 1.69. The molecule has 0 saturated heterocycles. The third-order valence-electron chi connectivity index (χ3n) is 4.07. The molecule has 0 aliphatic carbocycles. The molecule has 3 aromatic rings. The number of rotatable bonds is 4. The largest absolute Gasteiger partial charge is 0.320 e. The standard InChI is InChI=1S/C21H20N2O/c1-16-7-6-8-17(2)21(16)22-20(24)15-23-13-11-19(12-14-23)18-9-4-3-5-10-18/h3-14H,15H2,1-2H3/p+1. The first-order valence-corrected chi connectivity index (χ1v) is 8.04. The number of pyridine rings is 1. The summed E-state index contributed by atoms with van der Waals surface area (Å²) in [5.41, 5.74) is 5.37. The van der Waals surface area contributed by atoms with Gasteiger partial charge < -0.3 is 5.32 Å². The number of hydrogen-bond acceptors (Lipinski definition) is 1. The summed E-state index contributed by atoms with van der Waals surface area (Å²) in [5, 5.41) is 3.01. The highest BCUT2D eigenvalue weighted by atomic mass is 16.1. The molecule has 0 radical (unpaired) electrons. The Morgan fingerprint density at radius 3 is 2.04 bits per heavy atom. The maximum Gasteiger partial charge on any atom is 0.290 e. The number of aromatic nitrogens is 1. The first kappa shape index (κ1) is 15.9. The monoisotopic (exact) mass is 317 g/mol. The van der Waals surface area contributed by atoms with Gasteiger partial charge in [-0.2, -0.15) is 4.57 Å². The van der Waals surface area contributed by atoms with Crippen LogP contribution < -0.4 is 9.88 Å². The number of amides is 1. The van der Waals surface area contributed by atoms with Crippen LogP contribution in [0.1, 0.15) is 11.1 Å². The molecule has 0 atom stereocenters. The van der Waals surface area contributed by atoms with E-state index < -0.39 is 0 Å². The molecule has 3 heteroatoms. The smallest absolute Gasteiger partial charge is 0.290 e. The predicted molar refractivity (Wildman–Crippen MR) is 96.6 cm³/mol. The van der Waals surface area contributed by atoms with Crippen LogP contribution in [0.4, 0.5) is 5.69 Å². The Kier molecular flexibility index (Phi) is 4.71. The van der Waals surface area contributed by atoms with Gasteiger partial charge in [0.25, 0.3) is 5.91 Å². The van der Waals surface area contributed by atoms with Crippen LogP contribution in [0.3, 0.4) is 0 Å². The number of anilines is 1. The van der Waals surface area contributed by atoms with E-state index in [1.54, 1.807) is 0 Å². The molecule has 0 bridgehead atoms. The van der Waals surface area contributed by atoms with Crippen molar-refractivity contribution in [3.63, 3.8) is 0 Å². The highest BCUT2D eigenvalue weighted by Gasteiger charge is 2.12. The van der Waals surface area contributed by atoms with Gasteiger partial charge in [-0.3, -0.25) is 4.79 Å². The summed E-state index contributed by atoms with van der Waals surface area (Å²) >= 11 is 0. The first-order valence-electron chi connectivity index (χ1n) is 8.04. The third kappa shape index (κ3) is 3.69. The molecule has 1 aromatic heterocycles. The molecule has 0 fully saturated rings. The fourth-order valence-corrected chi connectivity index (χ4v) is 2.74. The second-order valence-electron chi connectivity index (χ2n) is 5.94. The maximum absolute atomic E-state index is 12.3. The van der Waals surface area contributed by atoms with E-state index in [2.05, 4.69) is 17.4 Å². The van der Waals surface area contributed by atoms with Crippen molar-refractivity contribution in [2.75, 3.05) is 5.32 Å². The number of carbonyl (C=O) groups excluding carboxylic acids is 1. The Labute approximate surface area is 142 Å². The summed E-state index contributed by atoms with van der Waals surface area (Å²) in [5.74, 6) is -0.0233. The van der Waals surface area contributed by atoms with Crippen molar-refractivity contribution in [3.05, 3.63) is 84.2 Å². The molecule has 0 aliphatic heterocycles. The number of aryl methyl sites for hydroxylation is 2. The fourth-order valence-electron chi connectivity index (χ4n) is 2.74. The molecule has 1 amide bonds. The molecule has 0 saturated carbocycles. The third-order valence-corrected chi connectivity index (χ3v) is 4.07. The summed E-state index contributed by atoms with van der Waals surface area (Å²) in [6.45, 7) is 4.30. The molecule has 1 N–H and O–H groups in total. The summed E-state index contributed by atoms with van der Waals surface area (Å²) in [7, 11) is 0. The first-order chi connectivity index (χ1) is 11.6. The Morgan fingerprint density at radius 1 is 0.833 bits per heavy atom. The minimum atomic E-state index is -0.0233. The second kappa shape index (κ2) is 7.09. The molecular formula is C21H21N2O+. The molecule has 0 unspecified atom stereocenters. The van der Waals surface area contributed by atoms with Crippen molar-refractivity contribution >= 4 is 11.6 Å². The van der Waals surface area contributed by atoms with Crippen LogP contribution in [-0.2, 0) is 11.3 Å². The van der Waals surface area contributed by atoms with Crippen molar-refractivity contribution in [3.8, 4) is 11.1 Å². The lowest BCUT2D eigenvalue weighted by Gasteiger charge is -2.10. The van der Waals surface area contributed by atoms with Crippen LogP contribution in [-0.4, -0.2) is 5.91 Å². The normalized spacial score (nSPS) is 10.4. The van der Waals surface area contributed by atoms with Gasteiger partial charge in [-0.1, -0.05) is 48.5 Å². The van der Waals surface area contributed by atoms with E-state index in [4.69, 9.17) is 0 Å². The summed E-state index contributed by atoms with van der Waals surface area (Å²) in [6.07, 6.45) is 3.87.